The number of piperazine rings is 1. The Morgan fingerprint density at radius 3 is 2.22 bits per heavy atom. The molecule has 27 heavy (non-hydrogen) atoms. The summed E-state index contributed by atoms with van der Waals surface area (Å²) in [7, 11) is 0. The molecule has 0 atom stereocenters. The normalized spacial score (nSPS) is 14.1. The summed E-state index contributed by atoms with van der Waals surface area (Å²) < 4.78 is 0. The highest BCUT2D eigenvalue weighted by atomic mass is 16.2. The molecule has 1 N–H and O–H groups in total. The number of aromatic nitrogens is 1. The summed E-state index contributed by atoms with van der Waals surface area (Å²) in [5.74, 6) is 0.0726. The number of amides is 1. The molecule has 0 spiro atoms. The van der Waals surface area contributed by atoms with E-state index in [9.17, 15) is 4.79 Å². The molecule has 2 aromatic carbocycles. The van der Waals surface area contributed by atoms with Crippen molar-refractivity contribution in [2.75, 3.05) is 36.4 Å². The molecule has 1 fully saturated rings. The summed E-state index contributed by atoms with van der Waals surface area (Å²) in [5, 5.41) is 3.36. The van der Waals surface area contributed by atoms with Crippen molar-refractivity contribution in [1.29, 1.82) is 0 Å². The maximum atomic E-state index is 13.1. The van der Waals surface area contributed by atoms with Gasteiger partial charge in [-0.25, -0.2) is 0 Å². The molecule has 4 rings (SSSR count). The fraction of sp³-hybridized carbons (Fsp3) is 0.182. The minimum atomic E-state index is 0.0726. The largest absolute Gasteiger partial charge is 0.368 e. The number of hydrogen-bond donors (Lipinski definition) is 1. The molecule has 0 unspecified atom stereocenters. The van der Waals surface area contributed by atoms with Gasteiger partial charge in [0.15, 0.2) is 0 Å². The predicted molar refractivity (Wildman–Crippen MR) is 109 cm³/mol. The van der Waals surface area contributed by atoms with Gasteiger partial charge in [-0.3, -0.25) is 9.78 Å². The third-order valence-corrected chi connectivity index (χ3v) is 4.81. The van der Waals surface area contributed by atoms with Crippen LogP contribution in [0.1, 0.15) is 10.4 Å². The number of nitrogens with zero attached hydrogens (tertiary/aromatic N) is 3. The summed E-state index contributed by atoms with van der Waals surface area (Å²) in [6, 6.07) is 21.6. The highest BCUT2D eigenvalue weighted by molar-refractivity contribution is 6.00. The molecule has 0 bridgehead atoms. The Morgan fingerprint density at radius 2 is 1.48 bits per heavy atom. The maximum Gasteiger partial charge on any atom is 0.256 e. The third kappa shape index (κ3) is 3.92. The summed E-state index contributed by atoms with van der Waals surface area (Å²) >= 11 is 0. The van der Waals surface area contributed by atoms with Crippen LogP contribution in [0.3, 0.4) is 0 Å². The number of anilines is 3. The van der Waals surface area contributed by atoms with Gasteiger partial charge in [-0.2, -0.15) is 0 Å². The molecule has 2 heterocycles. The van der Waals surface area contributed by atoms with Gasteiger partial charge in [0.2, 0.25) is 0 Å². The van der Waals surface area contributed by atoms with Crippen molar-refractivity contribution in [1.82, 2.24) is 9.88 Å². The van der Waals surface area contributed by atoms with Gasteiger partial charge in [0.25, 0.3) is 5.91 Å². The van der Waals surface area contributed by atoms with E-state index in [2.05, 4.69) is 15.2 Å². The van der Waals surface area contributed by atoms with Crippen molar-refractivity contribution in [2.45, 2.75) is 0 Å². The van der Waals surface area contributed by atoms with E-state index in [1.807, 2.05) is 71.6 Å². The summed E-state index contributed by atoms with van der Waals surface area (Å²) in [6.45, 7) is 3.07. The van der Waals surface area contributed by atoms with Crippen molar-refractivity contribution < 1.29 is 4.79 Å². The van der Waals surface area contributed by atoms with Gasteiger partial charge >= 0.3 is 0 Å². The second kappa shape index (κ2) is 7.91. The van der Waals surface area contributed by atoms with Crippen LogP contribution in [0.2, 0.25) is 0 Å². The van der Waals surface area contributed by atoms with Crippen LogP contribution in [0.15, 0.2) is 79.1 Å². The Bertz CT molecular complexity index is 890. The molecular formula is C22H22N4O. The van der Waals surface area contributed by atoms with Crippen molar-refractivity contribution in [2.24, 2.45) is 0 Å². The zero-order valence-corrected chi connectivity index (χ0v) is 15.1. The lowest BCUT2D eigenvalue weighted by molar-refractivity contribution is 0.0748. The van der Waals surface area contributed by atoms with Crippen LogP contribution in [0.25, 0.3) is 0 Å². The zero-order chi connectivity index (χ0) is 18.5. The van der Waals surface area contributed by atoms with Crippen LogP contribution in [0.5, 0.6) is 0 Å². The molecule has 1 saturated heterocycles. The molecule has 0 saturated carbocycles. The number of benzene rings is 2. The molecule has 5 heteroatoms. The molecule has 1 amide bonds. The molecule has 3 aromatic rings. The zero-order valence-electron chi connectivity index (χ0n) is 15.1. The first-order valence-corrected chi connectivity index (χ1v) is 9.16. The van der Waals surface area contributed by atoms with Crippen LogP contribution in [0.4, 0.5) is 17.1 Å². The highest BCUT2D eigenvalue weighted by Crippen LogP contribution is 2.23. The standard InChI is InChI=1S/C22H22N4O/c27-22(26-16-14-25(15-17-26)19-10-12-23-13-11-19)20-8-4-5-9-21(20)24-18-6-2-1-3-7-18/h1-13,24H,14-17H2. The molecule has 1 aliphatic heterocycles. The van der Waals surface area contributed by atoms with Gasteiger partial charge in [0.05, 0.1) is 11.3 Å². The number of carbonyl (C=O) groups excluding carboxylic acids is 1. The Kier molecular flexibility index (Phi) is 5.01. The summed E-state index contributed by atoms with van der Waals surface area (Å²) in [6.07, 6.45) is 3.61. The Hall–Kier alpha value is -3.34. The molecule has 1 aromatic heterocycles. The van der Waals surface area contributed by atoms with Gasteiger partial charge in [-0.05, 0) is 36.4 Å². The van der Waals surface area contributed by atoms with E-state index in [1.54, 1.807) is 12.4 Å². The molecule has 136 valence electrons. The van der Waals surface area contributed by atoms with Gasteiger partial charge in [0.1, 0.15) is 0 Å². The number of pyridine rings is 1. The van der Waals surface area contributed by atoms with Crippen LogP contribution in [-0.2, 0) is 0 Å². The van der Waals surface area contributed by atoms with Gasteiger partial charge < -0.3 is 15.1 Å². The minimum absolute atomic E-state index is 0.0726. The number of carbonyl (C=O) groups is 1. The fourth-order valence-electron chi connectivity index (χ4n) is 3.35. The van der Waals surface area contributed by atoms with E-state index in [0.717, 1.165) is 30.2 Å². The predicted octanol–water partition coefficient (Wildman–Crippen LogP) is 3.79. The first-order chi connectivity index (χ1) is 13.3. The van der Waals surface area contributed by atoms with Crippen molar-refractivity contribution in [3.8, 4) is 0 Å². The molecule has 0 radical (unpaired) electrons. The monoisotopic (exact) mass is 358 g/mol. The minimum Gasteiger partial charge on any atom is -0.368 e. The topological polar surface area (TPSA) is 48.5 Å². The van der Waals surface area contributed by atoms with Crippen LogP contribution in [0, 0.1) is 0 Å². The van der Waals surface area contributed by atoms with Crippen molar-refractivity contribution in [3.05, 3.63) is 84.7 Å². The summed E-state index contributed by atoms with van der Waals surface area (Å²) in [5.41, 5.74) is 3.67. The van der Waals surface area contributed by atoms with Crippen molar-refractivity contribution >= 4 is 23.0 Å². The first-order valence-electron chi connectivity index (χ1n) is 9.16. The van der Waals surface area contributed by atoms with Crippen LogP contribution < -0.4 is 10.2 Å². The number of para-hydroxylation sites is 2. The van der Waals surface area contributed by atoms with Crippen LogP contribution in [-0.4, -0.2) is 42.0 Å². The second-order valence-electron chi connectivity index (χ2n) is 6.52. The first kappa shape index (κ1) is 17.1. The van der Waals surface area contributed by atoms with Gasteiger partial charge in [-0.1, -0.05) is 30.3 Å². The lowest BCUT2D eigenvalue weighted by atomic mass is 10.1. The quantitative estimate of drug-likeness (QED) is 0.771. The van der Waals surface area contributed by atoms with E-state index in [4.69, 9.17) is 0 Å². The maximum absolute atomic E-state index is 13.1. The van der Waals surface area contributed by atoms with E-state index >= 15 is 0 Å². The Balaban J connectivity index is 1.46. The van der Waals surface area contributed by atoms with E-state index in [-0.39, 0.29) is 5.91 Å². The molecular weight excluding hydrogens is 336 g/mol. The Labute approximate surface area is 159 Å². The van der Waals surface area contributed by atoms with Gasteiger partial charge in [0, 0.05) is 49.9 Å². The smallest absolute Gasteiger partial charge is 0.256 e. The average molecular weight is 358 g/mol. The molecule has 0 aliphatic carbocycles. The highest BCUT2D eigenvalue weighted by Gasteiger charge is 2.23. The van der Waals surface area contributed by atoms with E-state index in [0.29, 0.717) is 18.7 Å². The third-order valence-electron chi connectivity index (χ3n) is 4.81. The molecule has 1 aliphatic rings. The fourth-order valence-corrected chi connectivity index (χ4v) is 3.35. The number of hydrogen-bond acceptors (Lipinski definition) is 4. The Morgan fingerprint density at radius 1 is 0.815 bits per heavy atom. The lowest BCUT2D eigenvalue weighted by Gasteiger charge is -2.36. The average Bonchev–Trinajstić information content (AvgIpc) is 2.75. The van der Waals surface area contributed by atoms with E-state index in [1.165, 1.54) is 0 Å². The number of nitrogens with one attached hydrogen (secondary N) is 1. The lowest BCUT2D eigenvalue weighted by Crippen LogP contribution is -2.48. The molecule has 5 nitrogen and oxygen atoms in total. The SMILES string of the molecule is O=C(c1ccccc1Nc1ccccc1)N1CCN(c2ccncc2)CC1. The number of rotatable bonds is 4. The summed E-state index contributed by atoms with van der Waals surface area (Å²) in [4.78, 5) is 21.4. The van der Waals surface area contributed by atoms with Gasteiger partial charge in [-0.15, -0.1) is 0 Å². The van der Waals surface area contributed by atoms with Crippen molar-refractivity contribution in [3.63, 3.8) is 0 Å². The second-order valence-corrected chi connectivity index (χ2v) is 6.52. The van der Waals surface area contributed by atoms with E-state index < -0.39 is 0 Å². The van der Waals surface area contributed by atoms with Crippen LogP contribution >= 0.6 is 0 Å².